The van der Waals surface area contributed by atoms with Crippen LogP contribution in [-0.2, 0) is 0 Å². The van der Waals surface area contributed by atoms with Crippen LogP contribution in [0.4, 0.5) is 20.2 Å². The van der Waals surface area contributed by atoms with Crippen LogP contribution in [0.5, 0.6) is 0 Å². The minimum Gasteiger partial charge on any atom is -0.396 e. The van der Waals surface area contributed by atoms with Crippen LogP contribution in [0.3, 0.4) is 0 Å². The van der Waals surface area contributed by atoms with Crippen molar-refractivity contribution in [3.8, 4) is 0 Å². The van der Waals surface area contributed by atoms with E-state index in [1.807, 2.05) is 0 Å². The van der Waals surface area contributed by atoms with Crippen molar-refractivity contribution in [2.75, 3.05) is 11.1 Å². The molecule has 3 nitrogen and oxygen atoms in total. The molecule has 19 heavy (non-hydrogen) atoms. The lowest BCUT2D eigenvalue weighted by atomic mass is 10.1. The molecule has 0 aromatic heterocycles. The molecule has 0 atom stereocenters. The molecule has 0 heterocycles. The number of hydrogen-bond donors (Lipinski definition) is 2. The molecule has 0 radical (unpaired) electrons. The van der Waals surface area contributed by atoms with Crippen molar-refractivity contribution >= 4 is 17.3 Å². The largest absolute Gasteiger partial charge is 0.396 e. The van der Waals surface area contributed by atoms with Crippen LogP contribution in [0.25, 0.3) is 0 Å². The van der Waals surface area contributed by atoms with Crippen LogP contribution in [-0.4, -0.2) is 5.91 Å². The van der Waals surface area contributed by atoms with Crippen molar-refractivity contribution in [2.24, 2.45) is 0 Å². The Kier molecular flexibility index (Phi) is 3.46. The highest BCUT2D eigenvalue weighted by atomic mass is 19.1. The van der Waals surface area contributed by atoms with Gasteiger partial charge in [-0.15, -0.1) is 0 Å². The van der Waals surface area contributed by atoms with Crippen molar-refractivity contribution in [1.82, 2.24) is 0 Å². The number of anilines is 2. The van der Waals surface area contributed by atoms with Gasteiger partial charge in [0.1, 0.15) is 11.6 Å². The first-order chi connectivity index (χ1) is 8.97. The first kappa shape index (κ1) is 13.0. The van der Waals surface area contributed by atoms with E-state index in [4.69, 9.17) is 5.73 Å². The summed E-state index contributed by atoms with van der Waals surface area (Å²) in [6.07, 6.45) is 0. The third kappa shape index (κ3) is 2.88. The predicted octanol–water partition coefficient (Wildman–Crippen LogP) is 3.11. The second-order valence-electron chi connectivity index (χ2n) is 4.15. The summed E-state index contributed by atoms with van der Waals surface area (Å²) in [5, 5.41) is 2.59. The highest BCUT2D eigenvalue weighted by molar-refractivity contribution is 6.04. The number of carbonyl (C=O) groups excluding carboxylic acids is 1. The van der Waals surface area contributed by atoms with Gasteiger partial charge < -0.3 is 11.1 Å². The van der Waals surface area contributed by atoms with E-state index in [9.17, 15) is 13.6 Å². The lowest BCUT2D eigenvalue weighted by molar-refractivity contribution is 0.102. The molecule has 0 unspecified atom stereocenters. The monoisotopic (exact) mass is 262 g/mol. The number of benzene rings is 2. The van der Waals surface area contributed by atoms with Crippen LogP contribution >= 0.6 is 0 Å². The lowest BCUT2D eigenvalue weighted by Crippen LogP contribution is -2.12. The molecule has 0 saturated heterocycles. The molecule has 3 N–H and O–H groups in total. The average molecular weight is 262 g/mol. The van der Waals surface area contributed by atoms with Gasteiger partial charge in [0.2, 0.25) is 0 Å². The van der Waals surface area contributed by atoms with E-state index in [2.05, 4.69) is 5.32 Å². The van der Waals surface area contributed by atoms with E-state index in [-0.39, 0.29) is 17.1 Å². The summed E-state index contributed by atoms with van der Waals surface area (Å²) in [5.74, 6) is -1.35. The maximum Gasteiger partial charge on any atom is 0.255 e. The number of nitrogens with one attached hydrogen (secondary N) is 1. The van der Waals surface area contributed by atoms with Crippen LogP contribution in [0.2, 0.25) is 0 Å². The van der Waals surface area contributed by atoms with Gasteiger partial charge in [-0.3, -0.25) is 4.79 Å². The molecule has 5 heteroatoms. The Morgan fingerprint density at radius 3 is 2.42 bits per heavy atom. The summed E-state index contributed by atoms with van der Waals surface area (Å²) in [7, 11) is 0. The lowest BCUT2D eigenvalue weighted by Gasteiger charge is -2.07. The van der Waals surface area contributed by atoms with Gasteiger partial charge in [0, 0.05) is 11.3 Å². The Hall–Kier alpha value is -2.43. The first-order valence-electron chi connectivity index (χ1n) is 5.60. The quantitative estimate of drug-likeness (QED) is 0.817. The number of nitrogens with two attached hydrogens (primary N) is 1. The Morgan fingerprint density at radius 1 is 1.11 bits per heavy atom. The molecule has 0 aliphatic carbocycles. The molecule has 0 bridgehead atoms. The molecular weight excluding hydrogens is 250 g/mol. The molecule has 0 fully saturated rings. The van der Waals surface area contributed by atoms with E-state index >= 15 is 0 Å². The number of rotatable bonds is 2. The van der Waals surface area contributed by atoms with Gasteiger partial charge in [0.25, 0.3) is 5.91 Å². The Balaban J connectivity index is 2.20. The molecule has 2 rings (SSSR count). The predicted molar refractivity (Wildman–Crippen MR) is 69.9 cm³/mol. The van der Waals surface area contributed by atoms with Crippen molar-refractivity contribution in [3.63, 3.8) is 0 Å². The fraction of sp³-hybridized carbons (Fsp3) is 0.0714. The number of aryl methyl sites for hydroxylation is 1. The third-order valence-corrected chi connectivity index (χ3v) is 2.67. The van der Waals surface area contributed by atoms with Crippen LogP contribution < -0.4 is 11.1 Å². The highest BCUT2D eigenvalue weighted by Gasteiger charge is 2.09. The average Bonchev–Trinajstić information content (AvgIpc) is 2.37. The highest BCUT2D eigenvalue weighted by Crippen LogP contribution is 2.16. The summed E-state index contributed by atoms with van der Waals surface area (Å²) in [5.41, 5.74) is 6.43. The molecule has 0 aliphatic rings. The van der Waals surface area contributed by atoms with E-state index in [0.29, 0.717) is 11.3 Å². The minimum atomic E-state index is -0.575. The normalized spacial score (nSPS) is 10.3. The first-order valence-corrected chi connectivity index (χ1v) is 5.60. The van der Waals surface area contributed by atoms with Crippen LogP contribution in [0.1, 0.15) is 15.9 Å². The molecule has 0 saturated carbocycles. The smallest absolute Gasteiger partial charge is 0.255 e. The Bertz CT molecular complexity index is 641. The molecule has 0 spiro atoms. The molecule has 1 amide bonds. The van der Waals surface area contributed by atoms with Gasteiger partial charge in [0.15, 0.2) is 0 Å². The second-order valence-corrected chi connectivity index (χ2v) is 4.15. The summed E-state index contributed by atoms with van der Waals surface area (Å²) in [6.45, 7) is 1.60. The van der Waals surface area contributed by atoms with E-state index in [0.717, 1.165) is 6.07 Å². The van der Waals surface area contributed by atoms with Gasteiger partial charge in [-0.05, 0) is 48.9 Å². The zero-order valence-corrected chi connectivity index (χ0v) is 10.2. The third-order valence-electron chi connectivity index (χ3n) is 2.67. The zero-order chi connectivity index (χ0) is 14.0. The van der Waals surface area contributed by atoms with E-state index in [1.54, 1.807) is 6.92 Å². The number of amides is 1. The molecule has 2 aromatic carbocycles. The molecule has 2 aromatic rings. The second kappa shape index (κ2) is 5.06. The molecule has 0 aliphatic heterocycles. The number of halogens is 2. The zero-order valence-electron chi connectivity index (χ0n) is 10.2. The topological polar surface area (TPSA) is 55.1 Å². The number of nitrogen functional groups attached to an aromatic ring is 1. The van der Waals surface area contributed by atoms with Gasteiger partial charge >= 0.3 is 0 Å². The van der Waals surface area contributed by atoms with Gasteiger partial charge in [-0.2, -0.15) is 0 Å². The van der Waals surface area contributed by atoms with Crippen molar-refractivity contribution in [1.29, 1.82) is 0 Å². The number of hydrogen-bond acceptors (Lipinski definition) is 2. The maximum atomic E-state index is 13.1. The van der Waals surface area contributed by atoms with Gasteiger partial charge in [-0.1, -0.05) is 0 Å². The fourth-order valence-corrected chi connectivity index (χ4v) is 1.61. The molecular formula is C14H12F2N2O. The fourth-order valence-electron chi connectivity index (χ4n) is 1.61. The summed E-state index contributed by atoms with van der Waals surface area (Å²) < 4.78 is 26.1. The van der Waals surface area contributed by atoms with Crippen molar-refractivity contribution < 1.29 is 13.6 Å². The minimum absolute atomic E-state index is 0.0945. The van der Waals surface area contributed by atoms with Gasteiger partial charge in [-0.25, -0.2) is 8.78 Å². The van der Waals surface area contributed by atoms with Crippen molar-refractivity contribution in [2.45, 2.75) is 6.92 Å². The van der Waals surface area contributed by atoms with Crippen LogP contribution in [0, 0.1) is 18.6 Å². The van der Waals surface area contributed by atoms with Gasteiger partial charge in [0.05, 0.1) is 5.69 Å². The van der Waals surface area contributed by atoms with E-state index in [1.165, 1.54) is 30.3 Å². The van der Waals surface area contributed by atoms with Crippen LogP contribution in [0.15, 0.2) is 36.4 Å². The summed E-state index contributed by atoms with van der Waals surface area (Å²) in [4.78, 5) is 11.9. The SMILES string of the molecule is Cc1cc(NC(=O)c2ccc(F)c(N)c2)ccc1F. The Morgan fingerprint density at radius 2 is 1.79 bits per heavy atom. The summed E-state index contributed by atoms with van der Waals surface area (Å²) in [6, 6.07) is 7.94. The van der Waals surface area contributed by atoms with E-state index < -0.39 is 11.7 Å². The molecule has 98 valence electrons. The maximum absolute atomic E-state index is 13.1. The number of carbonyl (C=O) groups is 1. The summed E-state index contributed by atoms with van der Waals surface area (Å²) >= 11 is 0. The van der Waals surface area contributed by atoms with Crippen molar-refractivity contribution in [3.05, 3.63) is 59.2 Å². The Labute approximate surface area is 109 Å². The standard InChI is InChI=1S/C14H12F2N2O/c1-8-6-10(3-5-11(8)15)18-14(19)9-2-4-12(16)13(17)7-9/h2-7H,17H2,1H3,(H,18,19).